The van der Waals surface area contributed by atoms with E-state index in [1.807, 2.05) is 0 Å². The van der Waals surface area contributed by atoms with Gasteiger partial charge in [0.15, 0.2) is 0 Å². The molecule has 1 radical (unpaired) electrons. The Morgan fingerprint density at radius 1 is 1.00 bits per heavy atom. The average molecular weight is 171 g/mol. The summed E-state index contributed by atoms with van der Waals surface area (Å²) in [5.41, 5.74) is 0. The predicted octanol–water partition coefficient (Wildman–Crippen LogP) is -1.24. The van der Waals surface area contributed by atoms with Gasteiger partial charge in [-0.05, 0) is 0 Å². The Labute approximate surface area is 59.1 Å². The zero-order valence-electron chi connectivity index (χ0n) is 3.08. The quantitative estimate of drug-likeness (QED) is 0.426. The third-order valence-corrected chi connectivity index (χ3v) is 0. The first-order chi connectivity index (χ1) is 1.41. The Hall–Kier alpha value is 0.538. The first kappa shape index (κ1) is 50.0. The zero-order chi connectivity index (χ0) is 2.71. The van der Waals surface area contributed by atoms with Crippen LogP contribution in [-0.4, -0.2) is 20.3 Å². The molecule has 0 N–H and O–H groups in total. The summed E-state index contributed by atoms with van der Waals surface area (Å²) in [6.07, 6.45) is 0. The van der Waals surface area contributed by atoms with Crippen molar-refractivity contribution in [1.29, 1.82) is 0 Å². The molecule has 0 unspecified atom stereocenters. The summed E-state index contributed by atoms with van der Waals surface area (Å²) < 4.78 is 16.8. The molecule has 7 heavy (non-hydrogen) atoms. The molecular formula is O4Si2V. The maximum atomic E-state index is 8.40. The van der Waals surface area contributed by atoms with Crippen LogP contribution in [0.15, 0.2) is 0 Å². The van der Waals surface area contributed by atoms with Gasteiger partial charge in [0.2, 0.25) is 0 Å². The van der Waals surface area contributed by atoms with Gasteiger partial charge in [0, 0.05) is 18.6 Å². The van der Waals surface area contributed by atoms with Crippen molar-refractivity contribution in [3.8, 4) is 0 Å². The van der Waals surface area contributed by atoms with Gasteiger partial charge in [0.25, 0.3) is 0 Å². The fourth-order valence-electron chi connectivity index (χ4n) is 0. The molecule has 0 aliphatic carbocycles. The van der Waals surface area contributed by atoms with Crippen molar-refractivity contribution >= 4 is 20.3 Å². The van der Waals surface area contributed by atoms with Crippen molar-refractivity contribution in [3.63, 3.8) is 0 Å². The molecule has 4 nitrogen and oxygen atoms in total. The van der Waals surface area contributed by atoms with Crippen LogP contribution in [0, 0.1) is 0 Å². The molecule has 0 saturated carbocycles. The maximum absolute atomic E-state index is 8.40. The van der Waals surface area contributed by atoms with E-state index in [9.17, 15) is 0 Å². The van der Waals surface area contributed by atoms with E-state index >= 15 is 0 Å². The van der Waals surface area contributed by atoms with Crippen LogP contribution < -0.4 is 0 Å². The van der Waals surface area contributed by atoms with E-state index in [1.54, 1.807) is 0 Å². The van der Waals surface area contributed by atoms with E-state index in [0.29, 0.717) is 0 Å². The van der Waals surface area contributed by atoms with Gasteiger partial charge < -0.3 is 11.0 Å². The van der Waals surface area contributed by atoms with E-state index < -0.39 is 9.29 Å². The molecule has 7 heteroatoms. The number of rotatable bonds is 0. The fourth-order valence-corrected chi connectivity index (χ4v) is 0. The second-order valence-electron chi connectivity index (χ2n) is 0.0833. The van der Waals surface area contributed by atoms with Crippen LogP contribution in [0.25, 0.3) is 0 Å². The van der Waals surface area contributed by atoms with Crippen molar-refractivity contribution in [2.45, 2.75) is 0 Å². The van der Waals surface area contributed by atoms with Crippen molar-refractivity contribution < 1.29 is 38.4 Å². The molecule has 0 amide bonds. The van der Waals surface area contributed by atoms with Crippen LogP contribution in [0.1, 0.15) is 0 Å². The van der Waals surface area contributed by atoms with Gasteiger partial charge in [-0.25, -0.2) is 0 Å². The Morgan fingerprint density at radius 3 is 1.00 bits per heavy atom. The summed E-state index contributed by atoms with van der Waals surface area (Å²) in [4.78, 5) is 0. The Morgan fingerprint density at radius 2 is 1.00 bits per heavy atom. The average Bonchev–Trinajstić information content (AvgIpc) is 0.918. The molecule has 0 fully saturated rings. The van der Waals surface area contributed by atoms with Crippen molar-refractivity contribution in [2.75, 3.05) is 0 Å². The minimum absolute atomic E-state index is 0. The van der Waals surface area contributed by atoms with Gasteiger partial charge >= 0.3 is 20.3 Å². The van der Waals surface area contributed by atoms with Gasteiger partial charge in [0.1, 0.15) is 0 Å². The molecule has 0 spiro atoms. The first-order valence-electron chi connectivity index (χ1n) is 0.408. The number of hydrogen-bond donors (Lipinski definition) is 0. The molecule has 0 aliphatic heterocycles. The Bertz CT molecular complexity index is 30.7. The van der Waals surface area contributed by atoms with E-state index in [1.165, 1.54) is 0 Å². The largest absolute Gasteiger partial charge is 4.00 e. The van der Waals surface area contributed by atoms with Crippen LogP contribution >= 0.6 is 0 Å². The molecule has 0 aromatic carbocycles. The van der Waals surface area contributed by atoms with Crippen molar-refractivity contribution in [1.82, 2.24) is 0 Å². The Kier molecular flexibility index (Phi) is 606. The minimum atomic E-state index is -1.42. The van der Waals surface area contributed by atoms with Crippen molar-refractivity contribution in [2.24, 2.45) is 0 Å². The molecule has 0 aromatic rings. The Balaban J connectivity index is -0.00000000333. The summed E-state index contributed by atoms with van der Waals surface area (Å²) >= 11 is 0. The molecular weight excluding hydrogens is 171 g/mol. The third kappa shape index (κ3) is 465. The van der Waals surface area contributed by atoms with E-state index in [0.717, 1.165) is 0 Å². The van der Waals surface area contributed by atoms with E-state index in [2.05, 4.69) is 0 Å². The summed E-state index contributed by atoms with van der Waals surface area (Å²) in [6, 6.07) is 0. The van der Waals surface area contributed by atoms with Gasteiger partial charge in [-0.15, -0.1) is 0 Å². The summed E-state index contributed by atoms with van der Waals surface area (Å²) in [5.74, 6) is 0. The van der Waals surface area contributed by atoms with Gasteiger partial charge in [-0.2, -0.15) is 0 Å². The van der Waals surface area contributed by atoms with Crippen LogP contribution in [0.5, 0.6) is 0 Å². The maximum Gasteiger partial charge on any atom is 4.00 e. The SMILES string of the molecule is O=[Si]=O.[O-2].[O-2].[Si+4].[V]. The fraction of sp³-hybridized carbons (Fsp3) is 0. The number of hydrogen-bond acceptors (Lipinski definition) is 2. The first-order valence-corrected chi connectivity index (χ1v) is 1.22. The molecule has 0 aliphatic rings. The molecule has 0 atom stereocenters. The van der Waals surface area contributed by atoms with E-state index in [-0.39, 0.29) is 40.5 Å². The van der Waals surface area contributed by atoms with Gasteiger partial charge in [-0.3, -0.25) is 8.92 Å². The van der Waals surface area contributed by atoms with Gasteiger partial charge in [0.05, 0.1) is 0 Å². The van der Waals surface area contributed by atoms with Crippen LogP contribution in [0.2, 0.25) is 0 Å². The second kappa shape index (κ2) is 84.8. The summed E-state index contributed by atoms with van der Waals surface area (Å²) in [6.45, 7) is 0. The smallest absolute Gasteiger partial charge is 2.00 e. The molecule has 0 aromatic heterocycles. The van der Waals surface area contributed by atoms with Crippen LogP contribution in [0.3, 0.4) is 0 Å². The van der Waals surface area contributed by atoms with Crippen molar-refractivity contribution in [3.05, 3.63) is 0 Å². The molecule has 0 heterocycles. The molecule has 0 bridgehead atoms. The predicted molar refractivity (Wildman–Crippen MR) is 14.3 cm³/mol. The van der Waals surface area contributed by atoms with Crippen LogP contribution in [0.4, 0.5) is 0 Å². The summed E-state index contributed by atoms with van der Waals surface area (Å²) in [7, 11) is -1.42. The standard InChI is InChI=1S/O2Si.2O.Si.V/c1-3-2;;;;/q;2*-2;+4;. The zero-order valence-corrected chi connectivity index (χ0v) is 6.48. The van der Waals surface area contributed by atoms with E-state index in [4.69, 9.17) is 8.92 Å². The van der Waals surface area contributed by atoms with Gasteiger partial charge in [-0.1, -0.05) is 0 Å². The normalized spacial score (nSPS) is 1.14. The second-order valence-corrected chi connectivity index (χ2v) is 0.250. The van der Waals surface area contributed by atoms with Crippen LogP contribution in [-0.2, 0) is 38.4 Å². The summed E-state index contributed by atoms with van der Waals surface area (Å²) in [5, 5.41) is 0. The monoisotopic (exact) mass is 171 g/mol. The molecule has 0 saturated heterocycles. The molecule has 37 valence electrons. The topological polar surface area (TPSA) is 91.1 Å². The minimum Gasteiger partial charge on any atom is -2.00 e. The molecule has 0 rings (SSSR count). The third-order valence-electron chi connectivity index (χ3n) is 0.